The van der Waals surface area contributed by atoms with Gasteiger partial charge in [-0.25, -0.2) is 0 Å². The van der Waals surface area contributed by atoms with Gasteiger partial charge < -0.3 is 5.32 Å². The van der Waals surface area contributed by atoms with Crippen LogP contribution in [0.15, 0.2) is 0 Å². The number of rotatable bonds is 5. The molecule has 0 aromatic carbocycles. The van der Waals surface area contributed by atoms with Gasteiger partial charge in [-0.05, 0) is 19.4 Å². The van der Waals surface area contributed by atoms with E-state index in [1.54, 1.807) is 0 Å². The van der Waals surface area contributed by atoms with Crippen molar-refractivity contribution < 1.29 is 0 Å². The van der Waals surface area contributed by atoms with Gasteiger partial charge >= 0.3 is 0 Å². The minimum atomic E-state index is 0.608. The standard InChI is InChI=1S/C6H15NS2/c1-6(9-3)7-4-5-8-2/h6-7H,4-5H2,1-3H3. The van der Waals surface area contributed by atoms with Crippen LogP contribution < -0.4 is 5.32 Å². The second-order valence-corrected chi connectivity index (χ2v) is 3.99. The van der Waals surface area contributed by atoms with Gasteiger partial charge in [0.05, 0.1) is 5.37 Å². The average molecular weight is 165 g/mol. The zero-order chi connectivity index (χ0) is 7.11. The van der Waals surface area contributed by atoms with Crippen LogP contribution in [0.4, 0.5) is 0 Å². The third-order valence-corrected chi connectivity index (χ3v) is 2.58. The third-order valence-electron chi connectivity index (χ3n) is 1.09. The van der Waals surface area contributed by atoms with Gasteiger partial charge in [-0.15, -0.1) is 11.8 Å². The molecule has 0 bridgehead atoms. The summed E-state index contributed by atoms with van der Waals surface area (Å²) in [5.41, 5.74) is 0. The van der Waals surface area contributed by atoms with Crippen molar-refractivity contribution in [2.24, 2.45) is 0 Å². The maximum atomic E-state index is 3.38. The van der Waals surface area contributed by atoms with Crippen molar-refractivity contribution in [1.82, 2.24) is 5.32 Å². The average Bonchev–Trinajstić information content (AvgIpc) is 1.89. The lowest BCUT2D eigenvalue weighted by molar-refractivity contribution is 0.726. The summed E-state index contributed by atoms with van der Waals surface area (Å²) in [4.78, 5) is 0. The van der Waals surface area contributed by atoms with E-state index in [1.807, 2.05) is 23.5 Å². The normalized spacial score (nSPS) is 13.7. The molecule has 0 fully saturated rings. The maximum Gasteiger partial charge on any atom is 0.0500 e. The first-order valence-corrected chi connectivity index (χ1v) is 5.74. The predicted molar refractivity (Wildman–Crippen MR) is 49.4 cm³/mol. The predicted octanol–water partition coefficient (Wildman–Crippen LogP) is 1.65. The zero-order valence-corrected chi connectivity index (χ0v) is 7.94. The van der Waals surface area contributed by atoms with Gasteiger partial charge in [0.1, 0.15) is 0 Å². The van der Waals surface area contributed by atoms with Gasteiger partial charge in [0.25, 0.3) is 0 Å². The molecule has 0 heterocycles. The second-order valence-electron chi connectivity index (χ2n) is 1.82. The summed E-state index contributed by atoms with van der Waals surface area (Å²) in [7, 11) is 0. The van der Waals surface area contributed by atoms with E-state index in [-0.39, 0.29) is 0 Å². The molecule has 0 amide bonds. The molecule has 1 atom stereocenters. The fourth-order valence-electron chi connectivity index (χ4n) is 0.448. The van der Waals surface area contributed by atoms with E-state index in [1.165, 1.54) is 5.75 Å². The molecule has 0 spiro atoms. The molecule has 9 heavy (non-hydrogen) atoms. The van der Waals surface area contributed by atoms with Crippen molar-refractivity contribution in [2.45, 2.75) is 12.3 Å². The third kappa shape index (κ3) is 6.55. The first-order chi connectivity index (χ1) is 4.31. The molecule has 1 unspecified atom stereocenters. The van der Waals surface area contributed by atoms with E-state index in [2.05, 4.69) is 24.8 Å². The summed E-state index contributed by atoms with van der Waals surface area (Å²) in [5, 5.41) is 3.98. The Labute approximate surface area is 66.4 Å². The highest BCUT2D eigenvalue weighted by molar-refractivity contribution is 7.99. The van der Waals surface area contributed by atoms with Gasteiger partial charge in [-0.1, -0.05) is 0 Å². The van der Waals surface area contributed by atoms with Crippen LogP contribution >= 0.6 is 23.5 Å². The molecule has 0 aliphatic carbocycles. The van der Waals surface area contributed by atoms with Crippen LogP contribution in [0.5, 0.6) is 0 Å². The molecule has 1 nitrogen and oxygen atoms in total. The number of hydrogen-bond donors (Lipinski definition) is 1. The number of hydrogen-bond acceptors (Lipinski definition) is 3. The summed E-state index contributed by atoms with van der Waals surface area (Å²) in [6.07, 6.45) is 4.25. The quantitative estimate of drug-likeness (QED) is 0.491. The van der Waals surface area contributed by atoms with Crippen molar-refractivity contribution in [1.29, 1.82) is 0 Å². The van der Waals surface area contributed by atoms with E-state index in [4.69, 9.17) is 0 Å². The highest BCUT2D eigenvalue weighted by Crippen LogP contribution is 1.99. The van der Waals surface area contributed by atoms with Crippen LogP contribution in [-0.2, 0) is 0 Å². The highest BCUT2D eigenvalue weighted by Gasteiger charge is 1.93. The molecule has 0 aromatic heterocycles. The summed E-state index contributed by atoms with van der Waals surface area (Å²) >= 11 is 3.74. The Morgan fingerprint density at radius 2 is 2.11 bits per heavy atom. The molecule has 0 aliphatic rings. The van der Waals surface area contributed by atoms with Crippen molar-refractivity contribution in [3.05, 3.63) is 0 Å². The first-order valence-electron chi connectivity index (χ1n) is 3.06. The first kappa shape index (κ1) is 9.66. The Balaban J connectivity index is 2.88. The Morgan fingerprint density at radius 1 is 1.44 bits per heavy atom. The largest absolute Gasteiger partial charge is 0.305 e. The van der Waals surface area contributed by atoms with E-state index in [0.29, 0.717) is 5.37 Å². The van der Waals surface area contributed by atoms with Crippen LogP contribution in [0, 0.1) is 0 Å². The summed E-state index contributed by atoms with van der Waals surface area (Å²) in [6.45, 7) is 3.31. The minimum absolute atomic E-state index is 0.608. The van der Waals surface area contributed by atoms with Gasteiger partial charge in [-0.3, -0.25) is 0 Å². The highest BCUT2D eigenvalue weighted by atomic mass is 32.2. The Morgan fingerprint density at radius 3 is 2.56 bits per heavy atom. The van der Waals surface area contributed by atoms with Crippen molar-refractivity contribution in [2.75, 3.05) is 24.8 Å². The molecule has 3 heteroatoms. The minimum Gasteiger partial charge on any atom is -0.305 e. The molecular formula is C6H15NS2. The van der Waals surface area contributed by atoms with E-state index in [0.717, 1.165) is 6.54 Å². The number of thioether (sulfide) groups is 2. The van der Waals surface area contributed by atoms with Crippen molar-refractivity contribution >= 4 is 23.5 Å². The van der Waals surface area contributed by atoms with Gasteiger partial charge in [-0.2, -0.15) is 11.8 Å². The smallest absolute Gasteiger partial charge is 0.0500 e. The lowest BCUT2D eigenvalue weighted by atomic mass is 10.6. The van der Waals surface area contributed by atoms with Crippen molar-refractivity contribution in [3.63, 3.8) is 0 Å². The molecule has 56 valence electrons. The molecule has 0 saturated carbocycles. The molecular weight excluding hydrogens is 150 g/mol. The van der Waals surface area contributed by atoms with Gasteiger partial charge in [0.15, 0.2) is 0 Å². The van der Waals surface area contributed by atoms with E-state index >= 15 is 0 Å². The fraction of sp³-hybridized carbons (Fsp3) is 1.00. The molecule has 0 aliphatic heterocycles. The molecule has 0 rings (SSSR count). The van der Waals surface area contributed by atoms with E-state index < -0.39 is 0 Å². The number of nitrogens with one attached hydrogen (secondary N) is 1. The Hall–Kier alpha value is 0.660. The molecule has 0 radical (unpaired) electrons. The monoisotopic (exact) mass is 165 g/mol. The zero-order valence-electron chi connectivity index (χ0n) is 6.31. The van der Waals surface area contributed by atoms with Gasteiger partial charge in [0, 0.05) is 12.3 Å². The van der Waals surface area contributed by atoms with Crippen LogP contribution in [0.2, 0.25) is 0 Å². The second kappa shape index (κ2) is 6.78. The van der Waals surface area contributed by atoms with Crippen LogP contribution in [0.1, 0.15) is 6.92 Å². The summed E-state index contributed by atoms with van der Waals surface area (Å²) < 4.78 is 0. The van der Waals surface area contributed by atoms with Crippen LogP contribution in [-0.4, -0.2) is 30.2 Å². The topological polar surface area (TPSA) is 12.0 Å². The molecule has 1 N–H and O–H groups in total. The lowest BCUT2D eigenvalue weighted by Gasteiger charge is -2.08. The van der Waals surface area contributed by atoms with E-state index in [9.17, 15) is 0 Å². The van der Waals surface area contributed by atoms with Gasteiger partial charge in [0.2, 0.25) is 0 Å². The van der Waals surface area contributed by atoms with Crippen LogP contribution in [0.3, 0.4) is 0 Å². The maximum absolute atomic E-state index is 3.38. The fourth-order valence-corrected chi connectivity index (χ4v) is 1.05. The summed E-state index contributed by atoms with van der Waals surface area (Å²) in [5.74, 6) is 1.21. The summed E-state index contributed by atoms with van der Waals surface area (Å²) in [6, 6.07) is 0. The van der Waals surface area contributed by atoms with Crippen LogP contribution in [0.25, 0.3) is 0 Å². The lowest BCUT2D eigenvalue weighted by Crippen LogP contribution is -2.24. The molecule has 0 aromatic rings. The SMILES string of the molecule is CSCCNC(C)SC. The Bertz CT molecular complexity index is 59.0. The molecule has 0 saturated heterocycles. The Kier molecular flexibility index (Phi) is 7.27. The van der Waals surface area contributed by atoms with Crippen molar-refractivity contribution in [3.8, 4) is 0 Å².